The Labute approximate surface area is 100.0 Å². The maximum atomic E-state index is 13.1. The molecule has 5 heteroatoms. The van der Waals surface area contributed by atoms with Crippen LogP contribution in [-0.2, 0) is 0 Å². The predicted octanol–water partition coefficient (Wildman–Crippen LogP) is 1.30. The molecule has 1 rings (SSSR count). The Morgan fingerprint density at radius 3 is 2.88 bits per heavy atom. The maximum Gasteiger partial charge on any atom is 0.251 e. The summed E-state index contributed by atoms with van der Waals surface area (Å²) in [5, 5.41) is 2.73. The van der Waals surface area contributed by atoms with Gasteiger partial charge in [0.05, 0.1) is 7.11 Å². The Balaban J connectivity index is 2.57. The van der Waals surface area contributed by atoms with Crippen LogP contribution in [0.3, 0.4) is 0 Å². The van der Waals surface area contributed by atoms with Crippen LogP contribution < -0.4 is 15.8 Å². The van der Waals surface area contributed by atoms with Gasteiger partial charge < -0.3 is 15.8 Å². The number of nitrogens with one attached hydrogen (secondary N) is 1. The average molecular weight is 240 g/mol. The standard InChI is InChI=1S/C12H17FN2O2/c1-17-11-8-9(4-5-10(11)13)12(16)15-7-3-2-6-14/h4-5,8H,2-3,6-7,14H2,1H3,(H,15,16). The van der Waals surface area contributed by atoms with Crippen LogP contribution in [0.5, 0.6) is 5.75 Å². The van der Waals surface area contributed by atoms with Crippen LogP contribution in [0.4, 0.5) is 4.39 Å². The molecule has 0 saturated heterocycles. The summed E-state index contributed by atoms with van der Waals surface area (Å²) in [6.07, 6.45) is 1.70. The summed E-state index contributed by atoms with van der Waals surface area (Å²) in [5.74, 6) is -0.646. The van der Waals surface area contributed by atoms with Crippen molar-refractivity contribution in [2.45, 2.75) is 12.8 Å². The van der Waals surface area contributed by atoms with Crippen LogP contribution in [0.15, 0.2) is 18.2 Å². The van der Waals surface area contributed by atoms with Gasteiger partial charge in [-0.3, -0.25) is 4.79 Å². The van der Waals surface area contributed by atoms with Gasteiger partial charge in [-0.15, -0.1) is 0 Å². The molecular weight excluding hydrogens is 223 g/mol. The monoisotopic (exact) mass is 240 g/mol. The Morgan fingerprint density at radius 2 is 2.24 bits per heavy atom. The van der Waals surface area contributed by atoms with Gasteiger partial charge in [0.25, 0.3) is 5.91 Å². The van der Waals surface area contributed by atoms with Gasteiger partial charge in [0, 0.05) is 12.1 Å². The van der Waals surface area contributed by atoms with Crippen LogP contribution >= 0.6 is 0 Å². The zero-order valence-electron chi connectivity index (χ0n) is 9.83. The third-order valence-corrected chi connectivity index (χ3v) is 2.33. The van der Waals surface area contributed by atoms with E-state index < -0.39 is 5.82 Å². The number of hydrogen-bond donors (Lipinski definition) is 2. The molecule has 0 radical (unpaired) electrons. The van der Waals surface area contributed by atoms with Crippen molar-refractivity contribution in [3.8, 4) is 5.75 Å². The summed E-state index contributed by atoms with van der Waals surface area (Å²) in [6.45, 7) is 1.18. The van der Waals surface area contributed by atoms with Crippen LogP contribution in [0.2, 0.25) is 0 Å². The zero-order chi connectivity index (χ0) is 12.7. The Morgan fingerprint density at radius 1 is 1.47 bits per heavy atom. The second kappa shape index (κ2) is 6.85. The minimum Gasteiger partial charge on any atom is -0.494 e. The lowest BCUT2D eigenvalue weighted by Gasteiger charge is -2.07. The predicted molar refractivity (Wildman–Crippen MR) is 63.6 cm³/mol. The van der Waals surface area contributed by atoms with Crippen LogP contribution in [0.1, 0.15) is 23.2 Å². The fraction of sp³-hybridized carbons (Fsp3) is 0.417. The molecule has 0 saturated carbocycles. The molecule has 1 aromatic rings. The highest BCUT2D eigenvalue weighted by Gasteiger charge is 2.09. The van der Waals surface area contributed by atoms with Crippen molar-refractivity contribution in [2.75, 3.05) is 20.2 Å². The second-order valence-corrected chi connectivity index (χ2v) is 3.60. The number of ether oxygens (including phenoxy) is 1. The van der Waals surface area contributed by atoms with E-state index >= 15 is 0 Å². The van der Waals surface area contributed by atoms with E-state index in [1.54, 1.807) is 0 Å². The van der Waals surface area contributed by atoms with E-state index in [-0.39, 0.29) is 11.7 Å². The first-order chi connectivity index (χ1) is 8.19. The first kappa shape index (κ1) is 13.4. The lowest BCUT2D eigenvalue weighted by atomic mass is 10.2. The molecule has 0 bridgehead atoms. The molecule has 0 fully saturated rings. The molecule has 1 aromatic carbocycles. The minimum absolute atomic E-state index is 0.0691. The van der Waals surface area contributed by atoms with Crippen LogP contribution in [-0.4, -0.2) is 26.1 Å². The number of methoxy groups -OCH3 is 1. The molecule has 1 amide bonds. The highest BCUT2D eigenvalue weighted by Crippen LogP contribution is 2.17. The molecule has 94 valence electrons. The van der Waals surface area contributed by atoms with Gasteiger partial charge in [0.2, 0.25) is 0 Å². The van der Waals surface area contributed by atoms with Gasteiger partial charge in [-0.2, -0.15) is 0 Å². The van der Waals surface area contributed by atoms with Crippen LogP contribution in [0, 0.1) is 5.82 Å². The van der Waals surface area contributed by atoms with E-state index in [9.17, 15) is 9.18 Å². The van der Waals surface area contributed by atoms with Gasteiger partial charge in [-0.25, -0.2) is 4.39 Å². The summed E-state index contributed by atoms with van der Waals surface area (Å²) < 4.78 is 17.9. The first-order valence-corrected chi connectivity index (χ1v) is 5.51. The molecule has 0 heterocycles. The number of carbonyl (C=O) groups is 1. The molecule has 0 aliphatic rings. The van der Waals surface area contributed by atoms with Crippen molar-refractivity contribution in [3.63, 3.8) is 0 Å². The van der Waals surface area contributed by atoms with E-state index in [4.69, 9.17) is 10.5 Å². The van der Waals surface area contributed by atoms with Gasteiger partial charge in [-0.05, 0) is 37.6 Å². The number of halogens is 1. The van der Waals surface area contributed by atoms with Crippen molar-refractivity contribution in [1.29, 1.82) is 0 Å². The van der Waals surface area contributed by atoms with Crippen molar-refractivity contribution in [3.05, 3.63) is 29.6 Å². The zero-order valence-corrected chi connectivity index (χ0v) is 9.83. The van der Waals surface area contributed by atoms with E-state index in [1.807, 2.05) is 0 Å². The normalized spacial score (nSPS) is 10.1. The van der Waals surface area contributed by atoms with Gasteiger partial charge in [0.15, 0.2) is 11.6 Å². The number of nitrogens with two attached hydrogens (primary N) is 1. The number of carbonyl (C=O) groups excluding carboxylic acids is 1. The molecule has 0 atom stereocenters. The topological polar surface area (TPSA) is 64.3 Å². The summed E-state index contributed by atoms with van der Waals surface area (Å²) >= 11 is 0. The fourth-order valence-electron chi connectivity index (χ4n) is 1.37. The largest absolute Gasteiger partial charge is 0.494 e. The summed E-state index contributed by atoms with van der Waals surface area (Å²) in [7, 11) is 1.36. The maximum absolute atomic E-state index is 13.1. The number of unbranched alkanes of at least 4 members (excludes halogenated alkanes) is 1. The lowest BCUT2D eigenvalue weighted by molar-refractivity contribution is 0.0952. The molecular formula is C12H17FN2O2. The van der Waals surface area contributed by atoms with E-state index in [0.29, 0.717) is 18.7 Å². The average Bonchev–Trinajstić information content (AvgIpc) is 2.35. The fourth-order valence-corrected chi connectivity index (χ4v) is 1.37. The third kappa shape index (κ3) is 4.03. The Hall–Kier alpha value is -1.62. The van der Waals surface area contributed by atoms with Crippen molar-refractivity contribution in [1.82, 2.24) is 5.32 Å². The molecule has 17 heavy (non-hydrogen) atoms. The van der Waals surface area contributed by atoms with Crippen molar-refractivity contribution in [2.24, 2.45) is 5.73 Å². The highest BCUT2D eigenvalue weighted by atomic mass is 19.1. The second-order valence-electron chi connectivity index (χ2n) is 3.60. The Kier molecular flexibility index (Phi) is 5.42. The molecule has 0 aliphatic carbocycles. The SMILES string of the molecule is COc1cc(C(=O)NCCCCN)ccc1F. The van der Waals surface area contributed by atoms with Gasteiger partial charge in [0.1, 0.15) is 0 Å². The first-order valence-electron chi connectivity index (χ1n) is 5.51. The van der Waals surface area contributed by atoms with Gasteiger partial charge >= 0.3 is 0 Å². The van der Waals surface area contributed by atoms with Crippen molar-refractivity contribution >= 4 is 5.91 Å². The van der Waals surface area contributed by atoms with E-state index in [2.05, 4.69) is 5.32 Å². The molecule has 0 aliphatic heterocycles. The summed E-state index contributed by atoms with van der Waals surface area (Å²) in [5.41, 5.74) is 5.73. The number of amides is 1. The van der Waals surface area contributed by atoms with E-state index in [0.717, 1.165) is 12.8 Å². The minimum atomic E-state index is -0.479. The number of rotatable bonds is 6. The molecule has 0 aromatic heterocycles. The smallest absolute Gasteiger partial charge is 0.251 e. The van der Waals surface area contributed by atoms with Crippen LogP contribution in [0.25, 0.3) is 0 Å². The molecule has 3 N–H and O–H groups in total. The highest BCUT2D eigenvalue weighted by molar-refractivity contribution is 5.94. The quantitative estimate of drug-likeness (QED) is 0.737. The Bertz CT molecular complexity index is 383. The van der Waals surface area contributed by atoms with Crippen molar-refractivity contribution < 1.29 is 13.9 Å². The molecule has 0 unspecified atom stereocenters. The van der Waals surface area contributed by atoms with Gasteiger partial charge in [-0.1, -0.05) is 0 Å². The lowest BCUT2D eigenvalue weighted by Crippen LogP contribution is -2.24. The molecule has 0 spiro atoms. The summed E-state index contributed by atoms with van der Waals surface area (Å²) in [6, 6.07) is 4.03. The number of benzene rings is 1. The van der Waals surface area contributed by atoms with E-state index in [1.165, 1.54) is 25.3 Å². The molecule has 4 nitrogen and oxygen atoms in total. The third-order valence-electron chi connectivity index (χ3n) is 2.33. The number of hydrogen-bond acceptors (Lipinski definition) is 3. The summed E-state index contributed by atoms with van der Waals surface area (Å²) in [4.78, 5) is 11.7.